The molecule has 0 aliphatic heterocycles. The van der Waals surface area contributed by atoms with E-state index < -0.39 is 0 Å². The molecule has 2 rings (SSSR count). The number of carbonyl (C=O) groups excluding carboxylic acids is 1. The zero-order valence-electron chi connectivity index (χ0n) is 11.9. The number of benzene rings is 1. The van der Waals surface area contributed by atoms with Crippen molar-refractivity contribution in [3.8, 4) is 5.75 Å². The van der Waals surface area contributed by atoms with Gasteiger partial charge in [-0.1, -0.05) is 12.1 Å². The summed E-state index contributed by atoms with van der Waals surface area (Å²) in [6, 6.07) is 5.78. The van der Waals surface area contributed by atoms with Gasteiger partial charge in [0, 0.05) is 7.05 Å². The number of carbonyl (C=O) groups is 1. The number of hydrogen-bond acceptors (Lipinski definition) is 4. The Morgan fingerprint density at radius 2 is 2.20 bits per heavy atom. The van der Waals surface area contributed by atoms with Gasteiger partial charge in [0.25, 0.3) is 5.91 Å². The van der Waals surface area contributed by atoms with E-state index in [0.717, 1.165) is 16.9 Å². The molecule has 20 heavy (non-hydrogen) atoms. The Kier molecular flexibility index (Phi) is 4.34. The smallest absolute Gasteiger partial charge is 0.258 e. The molecule has 0 atom stereocenters. The van der Waals surface area contributed by atoms with Crippen molar-refractivity contribution < 1.29 is 9.53 Å². The van der Waals surface area contributed by atoms with Crippen molar-refractivity contribution in [1.29, 1.82) is 0 Å². The summed E-state index contributed by atoms with van der Waals surface area (Å²) in [5, 5.41) is 10.4. The van der Waals surface area contributed by atoms with Gasteiger partial charge in [-0.15, -0.1) is 10.2 Å². The average Bonchev–Trinajstić information content (AvgIpc) is 2.83. The van der Waals surface area contributed by atoms with Crippen LogP contribution in [0.1, 0.15) is 17.0 Å². The van der Waals surface area contributed by atoms with E-state index in [0.29, 0.717) is 12.4 Å². The van der Waals surface area contributed by atoms with Gasteiger partial charge in [0.15, 0.2) is 12.4 Å². The van der Waals surface area contributed by atoms with E-state index >= 15 is 0 Å². The first-order chi connectivity index (χ1) is 9.58. The largest absolute Gasteiger partial charge is 0.483 e. The first-order valence-corrected chi connectivity index (χ1v) is 6.36. The third-order valence-electron chi connectivity index (χ3n) is 3.16. The Bertz CT molecular complexity index is 607. The van der Waals surface area contributed by atoms with Crippen molar-refractivity contribution in [2.75, 3.05) is 6.61 Å². The zero-order chi connectivity index (χ0) is 14.5. The molecule has 1 aromatic heterocycles. The molecule has 0 unspecified atom stereocenters. The predicted molar refractivity (Wildman–Crippen MR) is 74.3 cm³/mol. The fraction of sp³-hybridized carbons (Fsp3) is 0.357. The van der Waals surface area contributed by atoms with Crippen LogP contribution < -0.4 is 10.1 Å². The minimum Gasteiger partial charge on any atom is -0.483 e. The third-order valence-corrected chi connectivity index (χ3v) is 3.16. The molecule has 0 aliphatic carbocycles. The molecule has 2 aromatic rings. The molecule has 0 aliphatic rings. The Hall–Kier alpha value is -2.37. The van der Waals surface area contributed by atoms with E-state index in [4.69, 9.17) is 4.74 Å². The molecule has 106 valence electrons. The van der Waals surface area contributed by atoms with E-state index in [1.54, 1.807) is 10.9 Å². The van der Waals surface area contributed by atoms with Crippen molar-refractivity contribution >= 4 is 5.91 Å². The summed E-state index contributed by atoms with van der Waals surface area (Å²) in [5.74, 6) is 1.25. The third kappa shape index (κ3) is 3.34. The molecule has 0 bridgehead atoms. The number of aromatic nitrogens is 3. The van der Waals surface area contributed by atoms with Gasteiger partial charge in [-0.05, 0) is 31.0 Å². The Morgan fingerprint density at radius 1 is 1.40 bits per heavy atom. The number of hydrogen-bond donors (Lipinski definition) is 1. The number of nitrogens with one attached hydrogen (secondary N) is 1. The van der Waals surface area contributed by atoms with Crippen LogP contribution in [0, 0.1) is 13.8 Å². The first-order valence-electron chi connectivity index (χ1n) is 6.36. The van der Waals surface area contributed by atoms with Gasteiger partial charge >= 0.3 is 0 Å². The summed E-state index contributed by atoms with van der Waals surface area (Å²) < 4.78 is 7.28. The summed E-state index contributed by atoms with van der Waals surface area (Å²) in [6.45, 7) is 4.31. The lowest BCUT2D eigenvalue weighted by molar-refractivity contribution is -0.123. The number of rotatable bonds is 5. The fourth-order valence-electron chi connectivity index (χ4n) is 1.72. The van der Waals surface area contributed by atoms with Crippen molar-refractivity contribution in [3.05, 3.63) is 41.5 Å². The molecule has 6 heteroatoms. The highest BCUT2D eigenvalue weighted by Crippen LogP contribution is 2.20. The highest BCUT2D eigenvalue weighted by molar-refractivity contribution is 5.77. The molecular weight excluding hydrogens is 256 g/mol. The van der Waals surface area contributed by atoms with Gasteiger partial charge in [0.05, 0.1) is 6.54 Å². The zero-order valence-corrected chi connectivity index (χ0v) is 11.9. The maximum Gasteiger partial charge on any atom is 0.258 e. The average molecular weight is 274 g/mol. The second-order valence-electron chi connectivity index (χ2n) is 4.62. The number of ether oxygens (including phenoxy) is 1. The van der Waals surface area contributed by atoms with Gasteiger partial charge < -0.3 is 14.6 Å². The predicted octanol–water partition coefficient (Wildman–Crippen LogP) is 1.13. The van der Waals surface area contributed by atoms with Crippen LogP contribution >= 0.6 is 0 Å². The van der Waals surface area contributed by atoms with Gasteiger partial charge in [-0.2, -0.15) is 0 Å². The van der Waals surface area contributed by atoms with E-state index in [1.807, 2.05) is 39.1 Å². The maximum absolute atomic E-state index is 11.7. The van der Waals surface area contributed by atoms with Gasteiger partial charge in [-0.25, -0.2) is 0 Å². The normalized spacial score (nSPS) is 10.3. The Labute approximate surface area is 117 Å². The topological polar surface area (TPSA) is 69.0 Å². The maximum atomic E-state index is 11.7. The minimum atomic E-state index is -0.186. The summed E-state index contributed by atoms with van der Waals surface area (Å²) in [6.07, 6.45) is 1.59. The highest BCUT2D eigenvalue weighted by Gasteiger charge is 2.07. The van der Waals surface area contributed by atoms with Crippen molar-refractivity contribution in [2.45, 2.75) is 20.4 Å². The molecule has 6 nitrogen and oxygen atoms in total. The molecule has 1 aromatic carbocycles. The molecule has 0 radical (unpaired) electrons. The fourth-order valence-corrected chi connectivity index (χ4v) is 1.72. The van der Waals surface area contributed by atoms with Crippen LogP contribution in [-0.4, -0.2) is 27.3 Å². The summed E-state index contributed by atoms with van der Waals surface area (Å²) in [4.78, 5) is 11.7. The first kappa shape index (κ1) is 14.0. The Balaban J connectivity index is 1.83. The molecule has 1 heterocycles. The molecule has 0 saturated heterocycles. The van der Waals surface area contributed by atoms with Crippen LogP contribution in [0.15, 0.2) is 24.5 Å². The van der Waals surface area contributed by atoms with Crippen LogP contribution in [0.5, 0.6) is 5.75 Å². The quantitative estimate of drug-likeness (QED) is 0.887. The summed E-state index contributed by atoms with van der Waals surface area (Å²) >= 11 is 0. The lowest BCUT2D eigenvalue weighted by Crippen LogP contribution is -2.29. The Morgan fingerprint density at radius 3 is 2.90 bits per heavy atom. The number of nitrogens with zero attached hydrogens (tertiary/aromatic N) is 3. The van der Waals surface area contributed by atoms with Crippen molar-refractivity contribution in [3.63, 3.8) is 0 Å². The molecule has 0 saturated carbocycles. The van der Waals surface area contributed by atoms with E-state index in [9.17, 15) is 4.79 Å². The van der Waals surface area contributed by atoms with Gasteiger partial charge in [0.1, 0.15) is 12.1 Å². The van der Waals surface area contributed by atoms with E-state index in [-0.39, 0.29) is 12.5 Å². The monoisotopic (exact) mass is 274 g/mol. The van der Waals surface area contributed by atoms with Crippen LogP contribution in [0.2, 0.25) is 0 Å². The van der Waals surface area contributed by atoms with Crippen molar-refractivity contribution in [1.82, 2.24) is 20.1 Å². The summed E-state index contributed by atoms with van der Waals surface area (Å²) in [7, 11) is 1.83. The lowest BCUT2D eigenvalue weighted by Gasteiger charge is -2.10. The summed E-state index contributed by atoms with van der Waals surface area (Å²) in [5.41, 5.74) is 2.19. The number of amides is 1. The molecule has 1 amide bonds. The molecular formula is C14H18N4O2. The second kappa shape index (κ2) is 6.18. The lowest BCUT2D eigenvalue weighted by atomic mass is 10.1. The van der Waals surface area contributed by atoms with Crippen LogP contribution in [0.4, 0.5) is 0 Å². The number of aryl methyl sites for hydroxylation is 2. The minimum absolute atomic E-state index is 0.0118. The molecule has 1 N–H and O–H groups in total. The van der Waals surface area contributed by atoms with Crippen molar-refractivity contribution in [2.24, 2.45) is 7.05 Å². The second-order valence-corrected chi connectivity index (χ2v) is 4.62. The standard InChI is InChI=1S/C14H18N4O2/c1-10-5-4-6-12(11(10)2)20-8-14(19)15-7-13-17-16-9-18(13)3/h4-6,9H,7-8H2,1-3H3,(H,15,19). The van der Waals surface area contributed by atoms with Crippen LogP contribution in [0.3, 0.4) is 0 Å². The molecule has 0 fully saturated rings. The van der Waals surface area contributed by atoms with Crippen LogP contribution in [-0.2, 0) is 18.4 Å². The van der Waals surface area contributed by atoms with Crippen LogP contribution in [0.25, 0.3) is 0 Å². The van der Waals surface area contributed by atoms with E-state index in [2.05, 4.69) is 15.5 Å². The SMILES string of the molecule is Cc1cccc(OCC(=O)NCc2nncn2C)c1C. The van der Waals surface area contributed by atoms with E-state index in [1.165, 1.54) is 0 Å². The van der Waals surface area contributed by atoms with Gasteiger partial charge in [0.2, 0.25) is 0 Å². The highest BCUT2D eigenvalue weighted by atomic mass is 16.5. The molecule has 0 spiro atoms. The van der Waals surface area contributed by atoms with Gasteiger partial charge in [-0.3, -0.25) is 4.79 Å².